The smallest absolute Gasteiger partial charge is 0.168 e. The molecule has 0 amide bonds. The maximum Gasteiger partial charge on any atom is 0.168 e. The first-order valence-electron chi connectivity index (χ1n) is 5.80. The molecular formula is C14H19FO3. The van der Waals surface area contributed by atoms with Crippen LogP contribution in [0.4, 0.5) is 4.39 Å². The quantitative estimate of drug-likeness (QED) is 0.810. The van der Waals surface area contributed by atoms with Crippen LogP contribution >= 0.6 is 0 Å². The van der Waals surface area contributed by atoms with Gasteiger partial charge in [0, 0.05) is 6.42 Å². The lowest BCUT2D eigenvalue weighted by atomic mass is 10.1. The predicted molar refractivity (Wildman–Crippen MR) is 67.4 cm³/mol. The predicted octanol–water partition coefficient (Wildman–Crippen LogP) is 2.76. The summed E-state index contributed by atoms with van der Waals surface area (Å²) in [5.41, 5.74) is -0.0420. The number of halogens is 1. The molecule has 0 aliphatic carbocycles. The van der Waals surface area contributed by atoms with E-state index in [9.17, 15) is 9.18 Å². The molecular weight excluding hydrogens is 235 g/mol. The topological polar surface area (TPSA) is 35.5 Å². The highest BCUT2D eigenvalue weighted by atomic mass is 19.1. The molecule has 0 saturated carbocycles. The minimum Gasteiger partial charge on any atom is -0.494 e. The van der Waals surface area contributed by atoms with Gasteiger partial charge in [0.25, 0.3) is 0 Å². The third kappa shape index (κ3) is 4.45. The molecule has 0 N–H and O–H groups in total. The summed E-state index contributed by atoms with van der Waals surface area (Å²) in [5.74, 6) is -0.488. The Morgan fingerprint density at radius 1 is 1.33 bits per heavy atom. The lowest BCUT2D eigenvalue weighted by Gasteiger charge is -2.18. The monoisotopic (exact) mass is 254 g/mol. The summed E-state index contributed by atoms with van der Waals surface area (Å²) in [5, 5.41) is 0. The first-order chi connectivity index (χ1) is 8.33. The van der Waals surface area contributed by atoms with Crippen molar-refractivity contribution in [3.8, 4) is 5.75 Å². The van der Waals surface area contributed by atoms with Crippen LogP contribution in [0.15, 0.2) is 18.2 Å². The number of benzene rings is 1. The van der Waals surface area contributed by atoms with E-state index < -0.39 is 5.82 Å². The van der Waals surface area contributed by atoms with Crippen LogP contribution in [0.2, 0.25) is 0 Å². The molecule has 0 heterocycles. The molecule has 1 rings (SSSR count). The van der Waals surface area contributed by atoms with Gasteiger partial charge in [-0.15, -0.1) is 0 Å². The highest BCUT2D eigenvalue weighted by molar-refractivity contribution is 5.82. The van der Waals surface area contributed by atoms with E-state index in [1.54, 1.807) is 12.1 Å². The normalized spacial score (nSPS) is 11.4. The van der Waals surface area contributed by atoms with E-state index in [0.717, 1.165) is 0 Å². The van der Waals surface area contributed by atoms with Crippen molar-refractivity contribution in [1.29, 1.82) is 0 Å². The van der Waals surface area contributed by atoms with Crippen LogP contribution in [-0.4, -0.2) is 25.1 Å². The molecule has 0 aliphatic heterocycles. The van der Waals surface area contributed by atoms with Gasteiger partial charge in [0.2, 0.25) is 0 Å². The van der Waals surface area contributed by atoms with Crippen molar-refractivity contribution in [3.05, 3.63) is 29.6 Å². The molecule has 4 heteroatoms. The Kier molecular flexibility index (Phi) is 4.84. The fourth-order valence-corrected chi connectivity index (χ4v) is 1.41. The Morgan fingerprint density at radius 3 is 2.56 bits per heavy atom. The molecule has 0 radical (unpaired) electrons. The molecule has 0 atom stereocenters. The Balaban J connectivity index is 2.65. The van der Waals surface area contributed by atoms with Gasteiger partial charge in [0.1, 0.15) is 6.61 Å². The van der Waals surface area contributed by atoms with E-state index in [0.29, 0.717) is 5.56 Å². The average molecular weight is 254 g/mol. The van der Waals surface area contributed by atoms with Crippen LogP contribution in [0, 0.1) is 5.82 Å². The van der Waals surface area contributed by atoms with E-state index in [4.69, 9.17) is 9.47 Å². The lowest BCUT2D eigenvalue weighted by Crippen LogP contribution is -2.24. The van der Waals surface area contributed by atoms with Gasteiger partial charge in [-0.05, 0) is 32.4 Å². The van der Waals surface area contributed by atoms with Crippen molar-refractivity contribution in [2.24, 2.45) is 0 Å². The summed E-state index contributed by atoms with van der Waals surface area (Å²) in [6.07, 6.45) is 0.0130. The minimum atomic E-state index is -0.482. The molecule has 100 valence electrons. The second kappa shape index (κ2) is 5.96. The van der Waals surface area contributed by atoms with Gasteiger partial charge >= 0.3 is 0 Å². The molecule has 0 bridgehead atoms. The van der Waals surface area contributed by atoms with Gasteiger partial charge in [-0.3, -0.25) is 4.79 Å². The van der Waals surface area contributed by atoms with Crippen molar-refractivity contribution in [2.75, 3.05) is 13.7 Å². The second-order valence-electron chi connectivity index (χ2n) is 5.05. The molecule has 0 aliphatic rings. The lowest BCUT2D eigenvalue weighted by molar-refractivity contribution is -0.127. The Labute approximate surface area is 107 Å². The number of carbonyl (C=O) groups is 1. The van der Waals surface area contributed by atoms with Gasteiger partial charge in [-0.2, -0.15) is 0 Å². The van der Waals surface area contributed by atoms with Crippen LogP contribution in [0.25, 0.3) is 0 Å². The standard InChI is InChI=1S/C14H19FO3/c1-14(2,3)18-9-11(16)8-10-6-5-7-12(17-4)13(10)15/h5-7H,8-9H2,1-4H3. The maximum atomic E-state index is 13.8. The first kappa shape index (κ1) is 14.6. The molecule has 18 heavy (non-hydrogen) atoms. The van der Waals surface area contributed by atoms with Gasteiger partial charge in [0.05, 0.1) is 12.7 Å². The summed E-state index contributed by atoms with van der Waals surface area (Å²) in [4.78, 5) is 11.7. The highest BCUT2D eigenvalue weighted by Gasteiger charge is 2.15. The molecule has 3 nitrogen and oxygen atoms in total. The average Bonchev–Trinajstić information content (AvgIpc) is 2.28. The number of ketones is 1. The number of hydrogen-bond donors (Lipinski definition) is 0. The van der Waals surface area contributed by atoms with Crippen LogP contribution in [0.5, 0.6) is 5.75 Å². The number of hydrogen-bond acceptors (Lipinski definition) is 3. The molecule has 1 aromatic rings. The third-order valence-electron chi connectivity index (χ3n) is 2.32. The summed E-state index contributed by atoms with van der Waals surface area (Å²) < 4.78 is 24.0. The van der Waals surface area contributed by atoms with Crippen molar-refractivity contribution in [2.45, 2.75) is 32.8 Å². The molecule has 1 aromatic carbocycles. The Bertz CT molecular complexity index is 422. The largest absolute Gasteiger partial charge is 0.494 e. The zero-order valence-corrected chi connectivity index (χ0v) is 11.2. The van der Waals surface area contributed by atoms with Crippen molar-refractivity contribution >= 4 is 5.78 Å². The summed E-state index contributed by atoms with van der Waals surface area (Å²) in [6.45, 7) is 5.59. The molecule has 0 spiro atoms. The zero-order chi connectivity index (χ0) is 13.8. The van der Waals surface area contributed by atoms with E-state index in [1.165, 1.54) is 13.2 Å². The summed E-state index contributed by atoms with van der Waals surface area (Å²) in [6, 6.07) is 4.76. The fraction of sp³-hybridized carbons (Fsp3) is 0.500. The van der Waals surface area contributed by atoms with Crippen molar-refractivity contribution < 1.29 is 18.7 Å². The van der Waals surface area contributed by atoms with Gasteiger partial charge in [-0.25, -0.2) is 4.39 Å². The van der Waals surface area contributed by atoms with E-state index in [2.05, 4.69) is 0 Å². The number of methoxy groups -OCH3 is 1. The first-order valence-corrected chi connectivity index (χ1v) is 5.80. The van der Waals surface area contributed by atoms with Crippen molar-refractivity contribution in [3.63, 3.8) is 0 Å². The Morgan fingerprint density at radius 2 is 2.00 bits per heavy atom. The van der Waals surface area contributed by atoms with Gasteiger partial charge < -0.3 is 9.47 Å². The molecule has 0 saturated heterocycles. The summed E-state index contributed by atoms with van der Waals surface area (Å²) in [7, 11) is 1.40. The molecule has 0 fully saturated rings. The number of carbonyl (C=O) groups excluding carboxylic acids is 1. The van der Waals surface area contributed by atoms with Gasteiger partial charge in [-0.1, -0.05) is 12.1 Å². The van der Waals surface area contributed by atoms with Crippen LogP contribution < -0.4 is 4.74 Å². The van der Waals surface area contributed by atoms with Crippen LogP contribution in [-0.2, 0) is 16.0 Å². The Hall–Kier alpha value is -1.42. The highest BCUT2D eigenvalue weighted by Crippen LogP contribution is 2.20. The summed E-state index contributed by atoms with van der Waals surface area (Å²) >= 11 is 0. The van der Waals surface area contributed by atoms with Gasteiger partial charge in [0.15, 0.2) is 17.3 Å². The maximum absolute atomic E-state index is 13.8. The third-order valence-corrected chi connectivity index (χ3v) is 2.32. The number of rotatable bonds is 5. The van der Waals surface area contributed by atoms with Crippen LogP contribution in [0.3, 0.4) is 0 Å². The molecule has 0 aromatic heterocycles. The van der Waals surface area contributed by atoms with Crippen molar-refractivity contribution in [1.82, 2.24) is 0 Å². The molecule has 0 unspecified atom stereocenters. The SMILES string of the molecule is COc1cccc(CC(=O)COC(C)(C)C)c1F. The zero-order valence-electron chi connectivity index (χ0n) is 11.2. The van der Waals surface area contributed by atoms with Crippen LogP contribution in [0.1, 0.15) is 26.3 Å². The minimum absolute atomic E-state index is 0.0130. The van der Waals surface area contributed by atoms with E-state index in [1.807, 2.05) is 20.8 Å². The fourth-order valence-electron chi connectivity index (χ4n) is 1.41. The second-order valence-corrected chi connectivity index (χ2v) is 5.05. The number of ether oxygens (including phenoxy) is 2. The van der Waals surface area contributed by atoms with E-state index in [-0.39, 0.29) is 30.2 Å². The number of Topliss-reactive ketones (excluding diaryl/α,β-unsaturated/α-hetero) is 1. The van der Waals surface area contributed by atoms with E-state index >= 15 is 0 Å².